The van der Waals surface area contributed by atoms with E-state index in [4.69, 9.17) is 21.1 Å². The highest BCUT2D eigenvalue weighted by atomic mass is 35.5. The van der Waals surface area contributed by atoms with E-state index in [9.17, 15) is 4.79 Å². The van der Waals surface area contributed by atoms with Crippen LogP contribution in [0.1, 0.15) is 18.1 Å². The smallest absolute Gasteiger partial charge is 0.412 e. The second-order valence-electron chi connectivity index (χ2n) is 5.89. The van der Waals surface area contributed by atoms with Crippen molar-refractivity contribution in [3.05, 3.63) is 59.1 Å². The van der Waals surface area contributed by atoms with Gasteiger partial charge in [-0.05, 0) is 43.9 Å². The van der Waals surface area contributed by atoms with Crippen molar-refractivity contribution >= 4 is 23.4 Å². The zero-order valence-electron chi connectivity index (χ0n) is 14.7. The van der Waals surface area contributed by atoms with Crippen molar-refractivity contribution in [3.8, 4) is 5.75 Å². The Kier molecular flexibility index (Phi) is 7.10. The molecule has 0 bridgehead atoms. The summed E-state index contributed by atoms with van der Waals surface area (Å²) >= 11 is 5.95. The molecule has 1 atom stereocenters. The van der Waals surface area contributed by atoms with Crippen molar-refractivity contribution < 1.29 is 14.3 Å². The van der Waals surface area contributed by atoms with Gasteiger partial charge in [0.1, 0.15) is 11.9 Å². The topological polar surface area (TPSA) is 50.8 Å². The van der Waals surface area contributed by atoms with Crippen LogP contribution in [-0.2, 0) is 4.74 Å². The van der Waals surface area contributed by atoms with E-state index in [0.29, 0.717) is 22.9 Å². The van der Waals surface area contributed by atoms with E-state index >= 15 is 0 Å². The Bertz CT molecular complexity index is 689. The molecule has 0 spiro atoms. The number of methoxy groups -OCH3 is 1. The van der Waals surface area contributed by atoms with E-state index in [1.54, 1.807) is 37.4 Å². The van der Waals surface area contributed by atoms with Crippen molar-refractivity contribution in [2.45, 2.75) is 12.5 Å². The third-order valence-corrected chi connectivity index (χ3v) is 3.90. The molecule has 0 saturated heterocycles. The van der Waals surface area contributed by atoms with Crippen molar-refractivity contribution in [3.63, 3.8) is 0 Å². The van der Waals surface area contributed by atoms with E-state index in [0.717, 1.165) is 12.1 Å². The molecule has 0 fully saturated rings. The van der Waals surface area contributed by atoms with Gasteiger partial charge in [-0.25, -0.2) is 4.79 Å². The van der Waals surface area contributed by atoms with Crippen LogP contribution in [0.25, 0.3) is 0 Å². The first-order chi connectivity index (χ1) is 12.0. The lowest BCUT2D eigenvalue weighted by Gasteiger charge is -2.21. The van der Waals surface area contributed by atoms with Crippen LogP contribution in [0.15, 0.2) is 48.5 Å². The number of hydrogen-bond donors (Lipinski definition) is 1. The van der Waals surface area contributed by atoms with Gasteiger partial charge < -0.3 is 14.4 Å². The fourth-order valence-electron chi connectivity index (χ4n) is 2.32. The quantitative estimate of drug-likeness (QED) is 0.782. The molecule has 2 rings (SSSR count). The first-order valence-corrected chi connectivity index (χ1v) is 8.37. The summed E-state index contributed by atoms with van der Waals surface area (Å²) in [5.41, 5.74) is 1.53. The predicted octanol–water partition coefficient (Wildman–Crippen LogP) is 4.59. The molecule has 5 nitrogen and oxygen atoms in total. The van der Waals surface area contributed by atoms with Crippen LogP contribution in [0.2, 0.25) is 5.02 Å². The summed E-state index contributed by atoms with van der Waals surface area (Å²) < 4.78 is 10.8. The molecule has 2 aromatic carbocycles. The number of benzene rings is 2. The van der Waals surface area contributed by atoms with E-state index < -0.39 is 6.09 Å². The molecule has 0 aliphatic heterocycles. The molecule has 0 aromatic heterocycles. The molecule has 1 unspecified atom stereocenters. The van der Waals surface area contributed by atoms with Crippen molar-refractivity contribution in [2.75, 3.05) is 33.1 Å². The Morgan fingerprint density at radius 1 is 1.20 bits per heavy atom. The molecule has 0 aliphatic carbocycles. The van der Waals surface area contributed by atoms with Crippen LogP contribution in [-0.4, -0.2) is 38.7 Å². The number of amides is 1. The maximum absolute atomic E-state index is 12.3. The number of carbonyl (C=O) groups excluding carboxylic acids is 1. The van der Waals surface area contributed by atoms with E-state index in [1.165, 1.54) is 0 Å². The van der Waals surface area contributed by atoms with Gasteiger partial charge in [0.25, 0.3) is 0 Å². The number of ether oxygens (including phenoxy) is 2. The van der Waals surface area contributed by atoms with E-state index in [1.807, 2.05) is 37.2 Å². The lowest BCUT2D eigenvalue weighted by molar-refractivity contribution is 0.1000. The Morgan fingerprint density at radius 3 is 2.56 bits per heavy atom. The van der Waals surface area contributed by atoms with Gasteiger partial charge in [-0.3, -0.25) is 5.32 Å². The monoisotopic (exact) mass is 362 g/mol. The molecule has 134 valence electrons. The lowest BCUT2D eigenvalue weighted by Crippen LogP contribution is -2.22. The first kappa shape index (κ1) is 19.1. The molecule has 2 aromatic rings. The van der Waals surface area contributed by atoms with Gasteiger partial charge in [-0.2, -0.15) is 0 Å². The predicted molar refractivity (Wildman–Crippen MR) is 100 cm³/mol. The number of nitrogens with one attached hydrogen (secondary N) is 1. The molecule has 0 heterocycles. The Balaban J connectivity index is 2.06. The number of halogens is 1. The van der Waals surface area contributed by atoms with Crippen LogP contribution in [0.5, 0.6) is 5.75 Å². The first-order valence-electron chi connectivity index (χ1n) is 8.00. The van der Waals surface area contributed by atoms with E-state index in [-0.39, 0.29) is 6.10 Å². The highest BCUT2D eigenvalue weighted by molar-refractivity contribution is 6.30. The number of rotatable bonds is 7. The van der Waals surface area contributed by atoms with Gasteiger partial charge in [-0.1, -0.05) is 29.8 Å². The van der Waals surface area contributed by atoms with E-state index in [2.05, 4.69) is 5.32 Å². The zero-order valence-corrected chi connectivity index (χ0v) is 15.4. The minimum absolute atomic E-state index is 0.356. The largest absolute Gasteiger partial charge is 0.497 e. The maximum Gasteiger partial charge on any atom is 0.412 e. The maximum atomic E-state index is 12.3. The molecular weight excluding hydrogens is 340 g/mol. The fourth-order valence-corrected chi connectivity index (χ4v) is 2.45. The fraction of sp³-hybridized carbons (Fsp3) is 0.316. The van der Waals surface area contributed by atoms with Crippen molar-refractivity contribution in [2.24, 2.45) is 0 Å². The number of carbonyl (C=O) groups is 1. The van der Waals surface area contributed by atoms with Gasteiger partial charge in [0, 0.05) is 29.7 Å². The second-order valence-corrected chi connectivity index (χ2v) is 6.33. The average molecular weight is 363 g/mol. The second kappa shape index (κ2) is 9.30. The Labute approximate surface area is 153 Å². The summed E-state index contributed by atoms with van der Waals surface area (Å²) in [5, 5.41) is 3.38. The number of anilines is 1. The van der Waals surface area contributed by atoms with Crippen molar-refractivity contribution in [1.82, 2.24) is 4.90 Å². The molecule has 0 saturated carbocycles. The van der Waals surface area contributed by atoms with Crippen LogP contribution in [0.4, 0.5) is 10.5 Å². The van der Waals surface area contributed by atoms with Crippen LogP contribution in [0, 0.1) is 0 Å². The van der Waals surface area contributed by atoms with Gasteiger partial charge >= 0.3 is 6.09 Å². The molecule has 0 radical (unpaired) electrons. The summed E-state index contributed by atoms with van der Waals surface area (Å²) in [4.78, 5) is 14.3. The Hall–Kier alpha value is -2.24. The SMILES string of the molecule is COc1cccc(NC(=O)OC(CCN(C)C)c2ccc(Cl)cc2)c1. The van der Waals surface area contributed by atoms with Gasteiger partial charge in [0.15, 0.2) is 0 Å². The highest BCUT2D eigenvalue weighted by Gasteiger charge is 2.17. The third-order valence-electron chi connectivity index (χ3n) is 3.65. The third kappa shape index (κ3) is 6.29. The number of hydrogen-bond acceptors (Lipinski definition) is 4. The summed E-state index contributed by atoms with van der Waals surface area (Å²) in [6, 6.07) is 14.5. The standard InChI is InChI=1S/C19H23ClN2O3/c1-22(2)12-11-18(14-7-9-15(20)10-8-14)25-19(23)21-16-5-4-6-17(13-16)24-3/h4-10,13,18H,11-12H2,1-3H3,(H,21,23). The number of nitrogens with zero attached hydrogens (tertiary/aromatic N) is 1. The molecule has 25 heavy (non-hydrogen) atoms. The summed E-state index contributed by atoms with van der Waals surface area (Å²) in [5.74, 6) is 0.666. The normalized spacial score (nSPS) is 11.9. The minimum Gasteiger partial charge on any atom is -0.497 e. The summed E-state index contributed by atoms with van der Waals surface area (Å²) in [7, 11) is 5.54. The molecule has 6 heteroatoms. The molecular formula is C19H23ClN2O3. The van der Waals surface area contributed by atoms with Crippen LogP contribution < -0.4 is 10.1 Å². The van der Waals surface area contributed by atoms with Crippen molar-refractivity contribution in [1.29, 1.82) is 0 Å². The van der Waals surface area contributed by atoms with Gasteiger partial charge in [-0.15, -0.1) is 0 Å². The van der Waals surface area contributed by atoms with Gasteiger partial charge in [0.05, 0.1) is 7.11 Å². The molecule has 0 aliphatic rings. The zero-order chi connectivity index (χ0) is 18.2. The highest BCUT2D eigenvalue weighted by Crippen LogP contribution is 2.24. The minimum atomic E-state index is -0.507. The molecule has 1 N–H and O–H groups in total. The van der Waals surface area contributed by atoms with Gasteiger partial charge in [0.2, 0.25) is 0 Å². The average Bonchev–Trinajstić information content (AvgIpc) is 2.59. The van der Waals surface area contributed by atoms with Crippen LogP contribution in [0.3, 0.4) is 0 Å². The summed E-state index contributed by atoms with van der Waals surface area (Å²) in [6.07, 6.45) is -0.183. The van der Waals surface area contributed by atoms with Crippen LogP contribution >= 0.6 is 11.6 Å². The summed E-state index contributed by atoms with van der Waals surface area (Å²) in [6.45, 7) is 0.791. The Morgan fingerprint density at radius 2 is 1.92 bits per heavy atom. The lowest BCUT2D eigenvalue weighted by atomic mass is 10.1. The molecule has 1 amide bonds.